The Morgan fingerprint density at radius 1 is 1.14 bits per heavy atom. The normalized spacial score (nSPS) is 21.6. The molecule has 0 spiro atoms. The highest BCUT2D eigenvalue weighted by Crippen LogP contribution is 2.30. The summed E-state index contributed by atoms with van der Waals surface area (Å²) in [5, 5.41) is 15.3. The molecule has 1 aromatic rings. The Hall–Kier alpha value is -1.67. The lowest BCUT2D eigenvalue weighted by Gasteiger charge is -2.50. The summed E-state index contributed by atoms with van der Waals surface area (Å²) in [6.07, 6.45) is 9.22. The molecule has 0 aromatic carbocycles. The molecule has 8 nitrogen and oxygen atoms in total. The molecule has 3 heterocycles. The van der Waals surface area contributed by atoms with Crippen LogP contribution in [0.1, 0.15) is 44.9 Å². The van der Waals surface area contributed by atoms with E-state index >= 15 is 0 Å². The highest BCUT2D eigenvalue weighted by Gasteiger charge is 2.39. The molecular weight excluding hydrogens is 352 g/mol. The van der Waals surface area contributed by atoms with Gasteiger partial charge in [0, 0.05) is 38.6 Å². The van der Waals surface area contributed by atoms with Gasteiger partial charge >= 0.3 is 0 Å². The quantitative estimate of drug-likeness (QED) is 0.534. The molecule has 8 heteroatoms. The van der Waals surface area contributed by atoms with Gasteiger partial charge < -0.3 is 20.1 Å². The Balaban J connectivity index is 1.53. The van der Waals surface area contributed by atoms with E-state index in [0.717, 1.165) is 37.8 Å². The average molecular weight is 391 g/mol. The van der Waals surface area contributed by atoms with Crippen molar-refractivity contribution < 1.29 is 0 Å². The first-order valence-corrected chi connectivity index (χ1v) is 10.9. The first-order valence-electron chi connectivity index (χ1n) is 10.9. The maximum atomic E-state index is 4.45. The fourth-order valence-corrected chi connectivity index (χ4v) is 4.51. The number of aromatic nitrogens is 3. The van der Waals surface area contributed by atoms with Gasteiger partial charge in [0.1, 0.15) is 12.2 Å². The monoisotopic (exact) mass is 390 g/mol. The summed E-state index contributed by atoms with van der Waals surface area (Å²) < 4.78 is 2.10. The fourth-order valence-electron chi connectivity index (χ4n) is 4.51. The minimum atomic E-state index is 0.258. The van der Waals surface area contributed by atoms with E-state index in [-0.39, 0.29) is 5.54 Å². The average Bonchev–Trinajstić information content (AvgIpc) is 3.20. The SMILES string of the molecule is CCc1nncn1CCNC(=NC)NCC1(N2CCCCC2)CCN(C)CC1. The van der Waals surface area contributed by atoms with Crippen LogP contribution in [-0.4, -0.2) is 89.4 Å². The third kappa shape index (κ3) is 5.23. The predicted molar refractivity (Wildman–Crippen MR) is 114 cm³/mol. The third-order valence-electron chi connectivity index (χ3n) is 6.41. The van der Waals surface area contributed by atoms with Crippen molar-refractivity contribution in [3.05, 3.63) is 12.2 Å². The molecule has 0 unspecified atom stereocenters. The molecule has 158 valence electrons. The van der Waals surface area contributed by atoms with Crippen LogP contribution < -0.4 is 10.6 Å². The second-order valence-electron chi connectivity index (χ2n) is 8.22. The molecule has 2 aliphatic heterocycles. The second kappa shape index (κ2) is 10.2. The topological polar surface area (TPSA) is 73.6 Å². The first-order chi connectivity index (χ1) is 13.7. The van der Waals surface area contributed by atoms with Gasteiger partial charge in [0.2, 0.25) is 0 Å². The summed E-state index contributed by atoms with van der Waals surface area (Å²) in [4.78, 5) is 9.67. The van der Waals surface area contributed by atoms with E-state index in [2.05, 4.69) is 54.2 Å². The summed E-state index contributed by atoms with van der Waals surface area (Å²) in [5.41, 5.74) is 0.258. The Morgan fingerprint density at radius 2 is 1.89 bits per heavy atom. The van der Waals surface area contributed by atoms with Gasteiger partial charge in [0.05, 0.1) is 0 Å². The van der Waals surface area contributed by atoms with Crippen LogP contribution in [0.4, 0.5) is 0 Å². The van der Waals surface area contributed by atoms with Crippen molar-refractivity contribution in [2.24, 2.45) is 4.99 Å². The smallest absolute Gasteiger partial charge is 0.191 e. The van der Waals surface area contributed by atoms with Crippen molar-refractivity contribution in [3.8, 4) is 0 Å². The van der Waals surface area contributed by atoms with E-state index < -0.39 is 0 Å². The number of nitrogens with zero attached hydrogens (tertiary/aromatic N) is 6. The third-order valence-corrected chi connectivity index (χ3v) is 6.41. The molecule has 28 heavy (non-hydrogen) atoms. The molecule has 3 rings (SSSR count). The highest BCUT2D eigenvalue weighted by atomic mass is 15.3. The number of aryl methyl sites for hydroxylation is 1. The van der Waals surface area contributed by atoms with Gasteiger partial charge in [0.25, 0.3) is 0 Å². The van der Waals surface area contributed by atoms with E-state index in [1.807, 2.05) is 7.05 Å². The molecule has 2 aliphatic rings. The van der Waals surface area contributed by atoms with Crippen molar-refractivity contribution >= 4 is 5.96 Å². The van der Waals surface area contributed by atoms with Crippen LogP contribution in [0.3, 0.4) is 0 Å². The zero-order chi connectivity index (χ0) is 19.8. The van der Waals surface area contributed by atoms with Crippen molar-refractivity contribution in [2.75, 3.05) is 53.4 Å². The maximum absolute atomic E-state index is 4.45. The number of likely N-dealkylation sites (tertiary alicyclic amines) is 2. The molecule has 2 fully saturated rings. The predicted octanol–water partition coefficient (Wildman–Crippen LogP) is 0.956. The summed E-state index contributed by atoms with van der Waals surface area (Å²) >= 11 is 0. The molecule has 0 amide bonds. The van der Waals surface area contributed by atoms with Gasteiger partial charge in [-0.2, -0.15) is 0 Å². The molecule has 1 aromatic heterocycles. The number of rotatable bonds is 7. The van der Waals surface area contributed by atoms with E-state index in [9.17, 15) is 0 Å². The van der Waals surface area contributed by atoms with E-state index in [0.29, 0.717) is 0 Å². The minimum absolute atomic E-state index is 0.258. The molecule has 0 bridgehead atoms. The maximum Gasteiger partial charge on any atom is 0.191 e. The van der Waals surface area contributed by atoms with Crippen LogP contribution in [0.5, 0.6) is 0 Å². The van der Waals surface area contributed by atoms with Crippen LogP contribution in [0.15, 0.2) is 11.3 Å². The highest BCUT2D eigenvalue weighted by molar-refractivity contribution is 5.79. The largest absolute Gasteiger partial charge is 0.355 e. The van der Waals surface area contributed by atoms with Gasteiger partial charge in [-0.15, -0.1) is 10.2 Å². The first kappa shape index (κ1) is 21.0. The van der Waals surface area contributed by atoms with Crippen LogP contribution in [0.25, 0.3) is 0 Å². The Morgan fingerprint density at radius 3 is 2.57 bits per heavy atom. The van der Waals surface area contributed by atoms with E-state index in [1.165, 1.54) is 58.3 Å². The van der Waals surface area contributed by atoms with Crippen LogP contribution in [0, 0.1) is 0 Å². The van der Waals surface area contributed by atoms with Crippen LogP contribution in [-0.2, 0) is 13.0 Å². The summed E-state index contributed by atoms with van der Waals surface area (Å²) in [7, 11) is 4.09. The Bertz CT molecular complexity index is 611. The fraction of sp³-hybridized carbons (Fsp3) is 0.850. The number of aliphatic imine (C=N–C) groups is 1. The molecule has 2 N–H and O–H groups in total. The Labute approximate surface area is 169 Å². The zero-order valence-corrected chi connectivity index (χ0v) is 18.0. The second-order valence-corrected chi connectivity index (χ2v) is 8.22. The molecule has 2 saturated heterocycles. The van der Waals surface area contributed by atoms with Crippen molar-refractivity contribution in [1.29, 1.82) is 0 Å². The number of hydrogen-bond acceptors (Lipinski definition) is 5. The van der Waals surface area contributed by atoms with Crippen molar-refractivity contribution in [1.82, 2.24) is 35.2 Å². The molecule has 0 radical (unpaired) electrons. The van der Waals surface area contributed by atoms with Crippen molar-refractivity contribution in [2.45, 2.75) is 57.5 Å². The van der Waals surface area contributed by atoms with Gasteiger partial charge in [-0.1, -0.05) is 13.3 Å². The zero-order valence-electron chi connectivity index (χ0n) is 18.0. The number of nitrogens with one attached hydrogen (secondary N) is 2. The molecule has 0 saturated carbocycles. The van der Waals surface area contributed by atoms with Gasteiger partial charge in [0.15, 0.2) is 5.96 Å². The number of guanidine groups is 1. The standard InChI is InChI=1S/C20H38N8/c1-4-18-25-24-17-27(18)15-10-22-19(21-2)23-16-20(8-13-26(3)14-9-20)28-11-6-5-7-12-28/h17H,4-16H2,1-3H3,(H2,21,22,23). The van der Waals surface area contributed by atoms with Gasteiger partial charge in [-0.25, -0.2) is 0 Å². The van der Waals surface area contributed by atoms with Crippen LogP contribution >= 0.6 is 0 Å². The lowest BCUT2D eigenvalue weighted by molar-refractivity contribution is 0.0173. The summed E-state index contributed by atoms with van der Waals surface area (Å²) in [6, 6.07) is 0. The van der Waals surface area contributed by atoms with Crippen molar-refractivity contribution in [3.63, 3.8) is 0 Å². The lowest BCUT2D eigenvalue weighted by Crippen LogP contribution is -2.62. The summed E-state index contributed by atoms with van der Waals surface area (Å²) in [5.74, 6) is 1.92. The molecule has 0 atom stereocenters. The van der Waals surface area contributed by atoms with Gasteiger partial charge in [-0.3, -0.25) is 9.89 Å². The van der Waals surface area contributed by atoms with Gasteiger partial charge in [-0.05, 0) is 58.9 Å². The molecular formula is C20H38N8. The lowest BCUT2D eigenvalue weighted by atomic mass is 9.84. The molecule has 0 aliphatic carbocycles. The minimum Gasteiger partial charge on any atom is -0.355 e. The number of hydrogen-bond donors (Lipinski definition) is 2. The number of piperidine rings is 2. The van der Waals surface area contributed by atoms with E-state index in [1.54, 1.807) is 6.33 Å². The van der Waals surface area contributed by atoms with E-state index in [4.69, 9.17) is 0 Å². The van der Waals surface area contributed by atoms with Crippen LogP contribution in [0.2, 0.25) is 0 Å². The Kier molecular flexibility index (Phi) is 7.67. The summed E-state index contributed by atoms with van der Waals surface area (Å²) in [6.45, 7) is 9.57.